The molecule has 0 amide bonds. The van der Waals surface area contributed by atoms with Crippen molar-refractivity contribution in [1.29, 1.82) is 0 Å². The number of hydrogen-bond donors (Lipinski definition) is 1. The fourth-order valence-electron chi connectivity index (χ4n) is 2.12. The molecule has 1 saturated carbocycles. The Kier molecular flexibility index (Phi) is 2.95. The molecule has 0 radical (unpaired) electrons. The molecule has 2 rings (SSSR count). The first kappa shape index (κ1) is 12.1. The first-order chi connectivity index (χ1) is 8.09. The smallest absolute Gasteiger partial charge is 0.167 e. The normalized spacial score (nSPS) is 16.8. The van der Waals surface area contributed by atoms with Crippen molar-refractivity contribution in [3.05, 3.63) is 23.3 Å². The maximum atomic E-state index is 13.9. The minimum absolute atomic E-state index is 0.195. The molecule has 2 N–H and O–H groups in total. The molecule has 17 heavy (non-hydrogen) atoms. The number of rotatable bonds is 4. The number of hydrogen-bond acceptors (Lipinski definition) is 3. The molecule has 0 atom stereocenters. The average molecular weight is 243 g/mol. The second kappa shape index (κ2) is 4.14. The summed E-state index contributed by atoms with van der Waals surface area (Å²) in [5, 5.41) is 0. The van der Waals surface area contributed by atoms with Gasteiger partial charge < -0.3 is 15.2 Å². The van der Waals surface area contributed by atoms with Crippen LogP contribution in [0, 0.1) is 11.6 Å². The molecule has 0 unspecified atom stereocenters. The van der Waals surface area contributed by atoms with Crippen LogP contribution in [0.5, 0.6) is 11.5 Å². The fraction of sp³-hybridized carbons (Fsp3) is 0.500. The maximum absolute atomic E-state index is 13.9. The minimum atomic E-state index is -0.933. The van der Waals surface area contributed by atoms with E-state index in [0.29, 0.717) is 0 Å². The zero-order valence-electron chi connectivity index (χ0n) is 9.85. The van der Waals surface area contributed by atoms with Gasteiger partial charge in [-0.05, 0) is 12.8 Å². The molecule has 1 aromatic rings. The summed E-state index contributed by atoms with van der Waals surface area (Å²) in [7, 11) is 2.80. The lowest BCUT2D eigenvalue weighted by molar-refractivity contribution is 0.337. The summed E-state index contributed by atoms with van der Waals surface area (Å²) < 4.78 is 37.6. The second-order valence-corrected chi connectivity index (χ2v) is 4.27. The highest BCUT2D eigenvalue weighted by atomic mass is 19.2. The van der Waals surface area contributed by atoms with E-state index in [-0.39, 0.29) is 23.6 Å². The monoisotopic (exact) mass is 243 g/mol. The Morgan fingerprint density at radius 1 is 1.29 bits per heavy atom. The summed E-state index contributed by atoms with van der Waals surface area (Å²) in [5.74, 6) is -1.38. The van der Waals surface area contributed by atoms with Crippen molar-refractivity contribution in [1.82, 2.24) is 0 Å². The Balaban J connectivity index is 2.66. The molecule has 5 heteroatoms. The summed E-state index contributed by atoms with van der Waals surface area (Å²) >= 11 is 0. The molecule has 1 aliphatic carbocycles. The van der Waals surface area contributed by atoms with Crippen LogP contribution in [0.2, 0.25) is 0 Å². The van der Waals surface area contributed by atoms with Gasteiger partial charge in [0.2, 0.25) is 0 Å². The number of nitrogens with two attached hydrogens (primary N) is 1. The lowest BCUT2D eigenvalue weighted by atomic mass is 9.94. The summed E-state index contributed by atoms with van der Waals surface area (Å²) in [6, 6.07) is 0.990. The van der Waals surface area contributed by atoms with Gasteiger partial charge in [0.1, 0.15) is 0 Å². The highest BCUT2D eigenvalue weighted by Gasteiger charge is 2.48. The molecule has 3 nitrogen and oxygen atoms in total. The SMILES string of the molecule is COc1cc(F)c(F)c(C2(CN)CC2)c1OC. The van der Waals surface area contributed by atoms with Crippen molar-refractivity contribution in [3.8, 4) is 11.5 Å². The Morgan fingerprint density at radius 3 is 2.35 bits per heavy atom. The van der Waals surface area contributed by atoms with Crippen molar-refractivity contribution in [2.24, 2.45) is 5.73 Å². The molecular formula is C12H15F2NO2. The predicted molar refractivity (Wildman–Crippen MR) is 59.4 cm³/mol. The van der Waals surface area contributed by atoms with Crippen molar-refractivity contribution in [3.63, 3.8) is 0 Å². The predicted octanol–water partition coefficient (Wildman–Crippen LogP) is 1.97. The Hall–Kier alpha value is -1.36. The van der Waals surface area contributed by atoms with Crippen LogP contribution in [0.25, 0.3) is 0 Å². The quantitative estimate of drug-likeness (QED) is 0.879. The van der Waals surface area contributed by atoms with Crippen LogP contribution in [0.1, 0.15) is 18.4 Å². The van der Waals surface area contributed by atoms with E-state index in [1.807, 2.05) is 0 Å². The van der Waals surface area contributed by atoms with Crippen molar-refractivity contribution < 1.29 is 18.3 Å². The standard InChI is InChI=1S/C12H15F2NO2/c1-16-8-5-7(13)10(14)9(11(8)17-2)12(6-15)3-4-12/h5H,3-4,6,15H2,1-2H3. The van der Waals surface area contributed by atoms with Gasteiger partial charge in [-0.15, -0.1) is 0 Å². The van der Waals surface area contributed by atoms with Crippen LogP contribution in [0.4, 0.5) is 8.78 Å². The van der Waals surface area contributed by atoms with E-state index in [2.05, 4.69) is 0 Å². The van der Waals surface area contributed by atoms with Crippen LogP contribution in [0.3, 0.4) is 0 Å². The Labute approximate surface area is 98.5 Å². The van der Waals surface area contributed by atoms with Gasteiger partial charge >= 0.3 is 0 Å². The van der Waals surface area contributed by atoms with Gasteiger partial charge in [-0.25, -0.2) is 8.78 Å². The van der Waals surface area contributed by atoms with Crippen molar-refractivity contribution in [2.75, 3.05) is 20.8 Å². The Bertz CT molecular complexity index is 445. The molecule has 0 heterocycles. The van der Waals surface area contributed by atoms with Gasteiger partial charge in [0.25, 0.3) is 0 Å². The molecule has 0 saturated heterocycles. The lowest BCUT2D eigenvalue weighted by Gasteiger charge is -2.20. The van der Waals surface area contributed by atoms with E-state index in [4.69, 9.17) is 15.2 Å². The summed E-state index contributed by atoms with van der Waals surface area (Å²) in [4.78, 5) is 0. The minimum Gasteiger partial charge on any atom is -0.493 e. The van der Waals surface area contributed by atoms with Crippen molar-refractivity contribution in [2.45, 2.75) is 18.3 Å². The van der Waals surface area contributed by atoms with Crippen LogP contribution in [-0.2, 0) is 5.41 Å². The zero-order chi connectivity index (χ0) is 12.6. The lowest BCUT2D eigenvalue weighted by Crippen LogP contribution is -2.22. The highest BCUT2D eigenvalue weighted by Crippen LogP contribution is 2.53. The number of methoxy groups -OCH3 is 2. The number of benzene rings is 1. The van der Waals surface area contributed by atoms with Crippen LogP contribution >= 0.6 is 0 Å². The molecule has 0 aromatic heterocycles. The third kappa shape index (κ3) is 1.74. The maximum Gasteiger partial charge on any atom is 0.167 e. The van der Waals surface area contributed by atoms with E-state index in [1.165, 1.54) is 14.2 Å². The van der Waals surface area contributed by atoms with Gasteiger partial charge in [-0.1, -0.05) is 0 Å². The zero-order valence-corrected chi connectivity index (χ0v) is 9.85. The van der Waals surface area contributed by atoms with E-state index in [9.17, 15) is 8.78 Å². The first-order valence-corrected chi connectivity index (χ1v) is 5.40. The summed E-state index contributed by atoms with van der Waals surface area (Å²) in [6.07, 6.45) is 1.48. The van der Waals surface area contributed by atoms with Gasteiger partial charge in [-0.2, -0.15) is 0 Å². The third-order valence-electron chi connectivity index (χ3n) is 3.34. The molecule has 1 aromatic carbocycles. The molecule has 0 aliphatic heterocycles. The number of halogens is 2. The Morgan fingerprint density at radius 2 is 1.94 bits per heavy atom. The van der Waals surface area contributed by atoms with Crippen LogP contribution in [0.15, 0.2) is 6.07 Å². The highest BCUT2D eigenvalue weighted by molar-refractivity contribution is 5.53. The molecule has 0 bridgehead atoms. The fourth-order valence-corrected chi connectivity index (χ4v) is 2.12. The van der Waals surface area contributed by atoms with Gasteiger partial charge in [-0.3, -0.25) is 0 Å². The van der Waals surface area contributed by atoms with Gasteiger partial charge in [0.15, 0.2) is 23.1 Å². The van der Waals surface area contributed by atoms with Crippen molar-refractivity contribution >= 4 is 0 Å². The third-order valence-corrected chi connectivity index (χ3v) is 3.34. The topological polar surface area (TPSA) is 44.5 Å². The first-order valence-electron chi connectivity index (χ1n) is 5.40. The second-order valence-electron chi connectivity index (χ2n) is 4.27. The molecule has 1 fully saturated rings. The van der Waals surface area contributed by atoms with Gasteiger partial charge in [0, 0.05) is 23.6 Å². The van der Waals surface area contributed by atoms with E-state index < -0.39 is 17.0 Å². The number of ether oxygens (including phenoxy) is 2. The largest absolute Gasteiger partial charge is 0.493 e. The molecule has 0 spiro atoms. The van der Waals surface area contributed by atoms with Crippen LogP contribution < -0.4 is 15.2 Å². The average Bonchev–Trinajstić information content (AvgIpc) is 3.12. The van der Waals surface area contributed by atoms with Gasteiger partial charge in [0.05, 0.1) is 14.2 Å². The van der Waals surface area contributed by atoms with Crippen LogP contribution in [-0.4, -0.2) is 20.8 Å². The summed E-state index contributed by atoms with van der Waals surface area (Å²) in [5.41, 5.74) is 5.36. The van der Waals surface area contributed by atoms with E-state index >= 15 is 0 Å². The van der Waals surface area contributed by atoms with E-state index in [1.54, 1.807) is 0 Å². The molecule has 1 aliphatic rings. The molecular weight excluding hydrogens is 228 g/mol. The van der Waals surface area contributed by atoms with E-state index in [0.717, 1.165) is 18.9 Å². The molecule has 94 valence electrons. The summed E-state index contributed by atoms with van der Waals surface area (Å²) in [6.45, 7) is 0.271.